The van der Waals surface area contributed by atoms with E-state index in [4.69, 9.17) is 9.47 Å². The number of carbonyl (C=O) groups excluding carboxylic acids is 1. The van der Waals surface area contributed by atoms with Crippen LogP contribution in [-0.4, -0.2) is 13.1 Å². The molecule has 0 saturated carbocycles. The monoisotopic (exact) mass is 354 g/mol. The average Bonchev–Trinajstić information content (AvgIpc) is 2.74. The van der Waals surface area contributed by atoms with Crippen LogP contribution in [0.25, 0.3) is 21.9 Å². The first-order valence-electron chi connectivity index (χ1n) is 8.69. The van der Waals surface area contributed by atoms with Gasteiger partial charge in [-0.3, -0.25) is 0 Å². The molecule has 27 heavy (non-hydrogen) atoms. The summed E-state index contributed by atoms with van der Waals surface area (Å²) < 4.78 is 10.7. The Morgan fingerprint density at radius 1 is 0.704 bits per heavy atom. The van der Waals surface area contributed by atoms with Gasteiger partial charge >= 0.3 is 5.97 Å². The molecule has 0 spiro atoms. The van der Waals surface area contributed by atoms with E-state index in [-0.39, 0.29) is 0 Å². The Balaban J connectivity index is 1.55. The summed E-state index contributed by atoms with van der Waals surface area (Å²) in [6.45, 7) is 0. The fourth-order valence-corrected chi connectivity index (χ4v) is 3.06. The van der Waals surface area contributed by atoms with E-state index < -0.39 is 5.97 Å². The molecular formula is C24H18O3. The van der Waals surface area contributed by atoms with Crippen molar-refractivity contribution in [3.05, 3.63) is 96.6 Å². The van der Waals surface area contributed by atoms with Crippen LogP contribution in [-0.2, 0) is 0 Å². The van der Waals surface area contributed by atoms with Crippen LogP contribution in [0.1, 0.15) is 10.4 Å². The minimum atomic E-state index is -0.439. The number of fused-ring (bicyclic) bond motifs is 1. The van der Waals surface area contributed by atoms with Crippen molar-refractivity contribution in [2.24, 2.45) is 0 Å². The van der Waals surface area contributed by atoms with E-state index in [2.05, 4.69) is 30.3 Å². The summed E-state index contributed by atoms with van der Waals surface area (Å²) in [5.74, 6) is 0.552. The standard InChI is InChI=1S/C24H18O3/c1-26-23-9-5-4-8-22(23)24(25)27-21-14-12-18(13-15-21)20-11-10-17-6-2-3-7-19(17)16-20/h2-16H,1H3. The molecule has 0 aliphatic rings. The molecule has 0 amide bonds. The topological polar surface area (TPSA) is 35.5 Å². The second-order valence-corrected chi connectivity index (χ2v) is 6.18. The normalized spacial score (nSPS) is 10.6. The van der Waals surface area contributed by atoms with Crippen LogP contribution in [0.5, 0.6) is 11.5 Å². The van der Waals surface area contributed by atoms with Crippen LogP contribution in [0.15, 0.2) is 91.0 Å². The zero-order chi connectivity index (χ0) is 18.6. The number of esters is 1. The van der Waals surface area contributed by atoms with Crippen molar-refractivity contribution < 1.29 is 14.3 Å². The number of carbonyl (C=O) groups is 1. The Hall–Kier alpha value is -3.59. The van der Waals surface area contributed by atoms with E-state index in [1.54, 1.807) is 30.3 Å². The third kappa shape index (κ3) is 3.53. The molecular weight excluding hydrogens is 336 g/mol. The minimum Gasteiger partial charge on any atom is -0.496 e. The first kappa shape index (κ1) is 16.9. The summed E-state index contributed by atoms with van der Waals surface area (Å²) in [6, 6.07) is 29.2. The van der Waals surface area contributed by atoms with Crippen molar-refractivity contribution in [3.8, 4) is 22.6 Å². The summed E-state index contributed by atoms with van der Waals surface area (Å²) >= 11 is 0. The number of rotatable bonds is 4. The molecule has 4 aromatic carbocycles. The smallest absolute Gasteiger partial charge is 0.347 e. The molecule has 0 aromatic heterocycles. The molecule has 0 unspecified atom stereocenters. The third-order valence-corrected chi connectivity index (χ3v) is 4.47. The predicted molar refractivity (Wildman–Crippen MR) is 107 cm³/mol. The number of hydrogen-bond donors (Lipinski definition) is 0. The number of para-hydroxylation sites is 1. The number of hydrogen-bond acceptors (Lipinski definition) is 3. The van der Waals surface area contributed by atoms with Gasteiger partial charge in [0, 0.05) is 0 Å². The molecule has 132 valence electrons. The molecule has 0 fully saturated rings. The third-order valence-electron chi connectivity index (χ3n) is 4.47. The van der Waals surface area contributed by atoms with Gasteiger partial charge in [0.15, 0.2) is 0 Å². The highest BCUT2D eigenvalue weighted by Gasteiger charge is 2.14. The molecule has 0 N–H and O–H groups in total. The fourth-order valence-electron chi connectivity index (χ4n) is 3.06. The van der Waals surface area contributed by atoms with Crippen molar-refractivity contribution in [1.82, 2.24) is 0 Å². The summed E-state index contributed by atoms with van der Waals surface area (Å²) in [5.41, 5.74) is 2.59. The van der Waals surface area contributed by atoms with Crippen molar-refractivity contribution in [2.75, 3.05) is 7.11 Å². The van der Waals surface area contributed by atoms with Gasteiger partial charge in [0.05, 0.1) is 7.11 Å². The number of benzene rings is 4. The molecule has 0 saturated heterocycles. The molecule has 0 heterocycles. The Morgan fingerprint density at radius 3 is 2.15 bits per heavy atom. The van der Waals surface area contributed by atoms with E-state index in [0.29, 0.717) is 17.1 Å². The van der Waals surface area contributed by atoms with Crippen molar-refractivity contribution in [1.29, 1.82) is 0 Å². The summed E-state index contributed by atoms with van der Waals surface area (Å²) in [5, 5.41) is 2.41. The Kier molecular flexibility index (Phi) is 4.58. The van der Waals surface area contributed by atoms with Crippen molar-refractivity contribution >= 4 is 16.7 Å². The van der Waals surface area contributed by atoms with Crippen LogP contribution < -0.4 is 9.47 Å². The molecule has 3 heteroatoms. The van der Waals surface area contributed by atoms with E-state index in [9.17, 15) is 4.79 Å². The predicted octanol–water partition coefficient (Wildman–Crippen LogP) is 5.73. The van der Waals surface area contributed by atoms with Gasteiger partial charge in [0.2, 0.25) is 0 Å². The van der Waals surface area contributed by atoms with Crippen molar-refractivity contribution in [2.45, 2.75) is 0 Å². The SMILES string of the molecule is COc1ccccc1C(=O)Oc1ccc(-c2ccc3ccccc3c2)cc1. The number of ether oxygens (including phenoxy) is 2. The highest BCUT2D eigenvalue weighted by Crippen LogP contribution is 2.27. The van der Waals surface area contributed by atoms with E-state index >= 15 is 0 Å². The molecule has 0 bridgehead atoms. The van der Waals surface area contributed by atoms with Crippen LogP contribution in [0.2, 0.25) is 0 Å². The highest BCUT2D eigenvalue weighted by atomic mass is 16.5. The molecule has 0 aliphatic carbocycles. The molecule has 4 rings (SSSR count). The second-order valence-electron chi connectivity index (χ2n) is 6.18. The second kappa shape index (κ2) is 7.34. The summed E-state index contributed by atoms with van der Waals surface area (Å²) in [6.07, 6.45) is 0. The van der Waals surface area contributed by atoms with E-state index in [1.165, 1.54) is 17.9 Å². The first-order valence-corrected chi connectivity index (χ1v) is 8.69. The lowest BCUT2D eigenvalue weighted by molar-refractivity contribution is 0.0731. The van der Waals surface area contributed by atoms with Crippen molar-refractivity contribution in [3.63, 3.8) is 0 Å². The van der Waals surface area contributed by atoms with E-state index in [0.717, 1.165) is 11.1 Å². The Morgan fingerprint density at radius 2 is 1.37 bits per heavy atom. The molecule has 0 radical (unpaired) electrons. The number of methoxy groups -OCH3 is 1. The summed E-state index contributed by atoms with van der Waals surface area (Å²) in [4.78, 5) is 12.4. The molecule has 3 nitrogen and oxygen atoms in total. The quantitative estimate of drug-likeness (QED) is 0.346. The fraction of sp³-hybridized carbons (Fsp3) is 0.0417. The molecule has 4 aromatic rings. The van der Waals surface area contributed by atoms with Gasteiger partial charge < -0.3 is 9.47 Å². The van der Waals surface area contributed by atoms with Crippen LogP contribution in [0, 0.1) is 0 Å². The Bertz CT molecular complexity index is 1100. The highest BCUT2D eigenvalue weighted by molar-refractivity contribution is 5.94. The minimum absolute atomic E-state index is 0.401. The average molecular weight is 354 g/mol. The van der Waals surface area contributed by atoms with E-state index in [1.807, 2.05) is 30.3 Å². The van der Waals surface area contributed by atoms with Crippen LogP contribution >= 0.6 is 0 Å². The van der Waals surface area contributed by atoms with Gasteiger partial charge in [-0.15, -0.1) is 0 Å². The zero-order valence-electron chi connectivity index (χ0n) is 14.9. The lowest BCUT2D eigenvalue weighted by Gasteiger charge is -2.09. The largest absolute Gasteiger partial charge is 0.496 e. The maximum atomic E-state index is 12.4. The molecule has 0 aliphatic heterocycles. The maximum absolute atomic E-state index is 12.4. The van der Waals surface area contributed by atoms with Crippen LogP contribution in [0.4, 0.5) is 0 Å². The van der Waals surface area contributed by atoms with Gasteiger partial charge in [0.1, 0.15) is 17.1 Å². The van der Waals surface area contributed by atoms with Gasteiger partial charge in [-0.05, 0) is 52.2 Å². The molecule has 0 atom stereocenters. The zero-order valence-corrected chi connectivity index (χ0v) is 14.9. The van der Waals surface area contributed by atoms with Crippen LogP contribution in [0.3, 0.4) is 0 Å². The lowest BCUT2D eigenvalue weighted by Crippen LogP contribution is -2.09. The summed E-state index contributed by atoms with van der Waals surface area (Å²) in [7, 11) is 1.53. The first-order chi connectivity index (χ1) is 13.2. The van der Waals surface area contributed by atoms with Gasteiger partial charge in [-0.1, -0.05) is 60.7 Å². The van der Waals surface area contributed by atoms with Gasteiger partial charge in [0.25, 0.3) is 0 Å². The van der Waals surface area contributed by atoms with Gasteiger partial charge in [-0.25, -0.2) is 4.79 Å². The Labute approximate surface area is 157 Å². The maximum Gasteiger partial charge on any atom is 0.347 e. The van der Waals surface area contributed by atoms with Gasteiger partial charge in [-0.2, -0.15) is 0 Å². The lowest BCUT2D eigenvalue weighted by atomic mass is 10.0.